The van der Waals surface area contributed by atoms with Gasteiger partial charge in [-0.05, 0) is 54.7 Å². The molecule has 0 bridgehead atoms. The Labute approximate surface area is 127 Å². The van der Waals surface area contributed by atoms with Crippen LogP contribution in [0.15, 0.2) is 0 Å². The lowest BCUT2D eigenvalue weighted by Crippen LogP contribution is -2.23. The molecule has 0 spiro atoms. The number of halogens is 1. The van der Waals surface area contributed by atoms with Gasteiger partial charge in [0.2, 0.25) is 0 Å². The third kappa shape index (κ3) is 3.18. The first-order chi connectivity index (χ1) is 9.28. The first-order valence-corrected chi connectivity index (χ1v) is 8.21. The van der Waals surface area contributed by atoms with Gasteiger partial charge in [0.05, 0.1) is 15.4 Å². The van der Waals surface area contributed by atoms with E-state index in [1.54, 1.807) is 0 Å². The molecule has 1 saturated carbocycles. The van der Waals surface area contributed by atoms with E-state index in [-0.39, 0.29) is 0 Å². The highest BCUT2D eigenvalue weighted by atomic mass is 127. The van der Waals surface area contributed by atoms with Gasteiger partial charge in [-0.1, -0.05) is 0 Å². The van der Waals surface area contributed by atoms with Crippen LogP contribution >= 0.6 is 22.6 Å². The second-order valence-electron chi connectivity index (χ2n) is 5.40. The summed E-state index contributed by atoms with van der Waals surface area (Å²) in [6, 6.07) is 0. The standard InChI is InChI=1S/C14H20IN3O/c1-16-14-12(15)13(9-5-6-9)17-11(18-14)8-10-4-2-3-7-19-10/h9-10H,2-8H2,1H3,(H,16,17,18). The fourth-order valence-corrected chi connectivity index (χ4v) is 3.52. The van der Waals surface area contributed by atoms with Crippen LogP contribution in [0.3, 0.4) is 0 Å². The van der Waals surface area contributed by atoms with Crippen LogP contribution in [0.4, 0.5) is 5.82 Å². The van der Waals surface area contributed by atoms with Crippen molar-refractivity contribution in [2.24, 2.45) is 0 Å². The molecule has 0 radical (unpaired) electrons. The van der Waals surface area contributed by atoms with Crippen LogP contribution in [0.1, 0.15) is 49.5 Å². The van der Waals surface area contributed by atoms with Gasteiger partial charge in [-0.2, -0.15) is 0 Å². The molecule has 104 valence electrons. The predicted octanol–water partition coefficient (Wildman–Crippen LogP) is 3.11. The Morgan fingerprint density at radius 2 is 2.11 bits per heavy atom. The van der Waals surface area contributed by atoms with Crippen molar-refractivity contribution in [2.45, 2.75) is 50.5 Å². The summed E-state index contributed by atoms with van der Waals surface area (Å²) >= 11 is 2.36. The normalized spacial score (nSPS) is 23.4. The third-order valence-electron chi connectivity index (χ3n) is 3.81. The van der Waals surface area contributed by atoms with Gasteiger partial charge in [0.25, 0.3) is 0 Å². The summed E-state index contributed by atoms with van der Waals surface area (Å²) in [6.45, 7) is 0.892. The minimum absolute atomic E-state index is 0.311. The van der Waals surface area contributed by atoms with Crippen LogP contribution in [0.25, 0.3) is 0 Å². The van der Waals surface area contributed by atoms with Crippen molar-refractivity contribution < 1.29 is 4.74 Å². The lowest BCUT2D eigenvalue weighted by molar-refractivity contribution is 0.0156. The van der Waals surface area contributed by atoms with Gasteiger partial charge >= 0.3 is 0 Å². The SMILES string of the molecule is CNc1nc(CC2CCCCO2)nc(C2CC2)c1I. The van der Waals surface area contributed by atoms with E-state index in [2.05, 4.69) is 32.9 Å². The van der Waals surface area contributed by atoms with E-state index >= 15 is 0 Å². The predicted molar refractivity (Wildman–Crippen MR) is 83.6 cm³/mol. The lowest BCUT2D eigenvalue weighted by atomic mass is 10.1. The maximum Gasteiger partial charge on any atom is 0.143 e. The Bertz CT molecular complexity index is 456. The highest BCUT2D eigenvalue weighted by molar-refractivity contribution is 14.1. The zero-order valence-electron chi connectivity index (χ0n) is 11.3. The highest BCUT2D eigenvalue weighted by Crippen LogP contribution is 2.42. The quantitative estimate of drug-likeness (QED) is 0.824. The second-order valence-corrected chi connectivity index (χ2v) is 6.48. The van der Waals surface area contributed by atoms with E-state index in [9.17, 15) is 0 Å². The van der Waals surface area contributed by atoms with Crippen LogP contribution in [-0.4, -0.2) is 29.7 Å². The van der Waals surface area contributed by atoms with E-state index < -0.39 is 0 Å². The number of nitrogens with one attached hydrogen (secondary N) is 1. The maximum absolute atomic E-state index is 5.80. The van der Waals surface area contributed by atoms with Crippen LogP contribution in [0.2, 0.25) is 0 Å². The second kappa shape index (κ2) is 5.91. The fourth-order valence-electron chi connectivity index (χ4n) is 2.57. The van der Waals surface area contributed by atoms with Crippen LogP contribution in [0, 0.1) is 3.57 Å². The van der Waals surface area contributed by atoms with Crippen molar-refractivity contribution in [1.29, 1.82) is 0 Å². The minimum Gasteiger partial charge on any atom is -0.378 e. The molecule has 19 heavy (non-hydrogen) atoms. The number of ether oxygens (including phenoxy) is 1. The van der Waals surface area contributed by atoms with Gasteiger partial charge in [0, 0.05) is 26.0 Å². The molecular formula is C14H20IN3O. The summed E-state index contributed by atoms with van der Waals surface area (Å²) in [6.07, 6.45) is 7.31. The van der Waals surface area contributed by atoms with Crippen molar-refractivity contribution >= 4 is 28.4 Å². The summed E-state index contributed by atoms with van der Waals surface area (Å²) in [5, 5.41) is 3.20. The fraction of sp³-hybridized carbons (Fsp3) is 0.714. The molecule has 0 aromatic carbocycles. The molecular weight excluding hydrogens is 353 g/mol. The van der Waals surface area contributed by atoms with E-state index in [4.69, 9.17) is 9.72 Å². The lowest BCUT2D eigenvalue weighted by Gasteiger charge is -2.22. The first-order valence-electron chi connectivity index (χ1n) is 7.13. The van der Waals surface area contributed by atoms with Gasteiger partial charge in [0.15, 0.2) is 0 Å². The molecule has 1 aliphatic heterocycles. The van der Waals surface area contributed by atoms with E-state index in [0.29, 0.717) is 12.0 Å². The van der Waals surface area contributed by atoms with Crippen LogP contribution in [0.5, 0.6) is 0 Å². The largest absolute Gasteiger partial charge is 0.378 e. The molecule has 2 heterocycles. The van der Waals surface area contributed by atoms with Gasteiger partial charge < -0.3 is 10.1 Å². The molecule has 0 amide bonds. The molecule has 1 saturated heterocycles. The van der Waals surface area contributed by atoms with Crippen LogP contribution < -0.4 is 5.32 Å². The van der Waals surface area contributed by atoms with Crippen molar-refractivity contribution in [2.75, 3.05) is 19.0 Å². The van der Waals surface area contributed by atoms with Gasteiger partial charge in [0.1, 0.15) is 11.6 Å². The van der Waals surface area contributed by atoms with Gasteiger partial charge in [-0.15, -0.1) is 0 Å². The molecule has 1 aromatic heterocycles. The number of hydrogen-bond acceptors (Lipinski definition) is 4. The number of rotatable bonds is 4. The molecule has 3 rings (SSSR count). The molecule has 1 atom stereocenters. The average molecular weight is 373 g/mol. The van der Waals surface area contributed by atoms with E-state index in [1.165, 1.54) is 34.9 Å². The molecule has 1 aromatic rings. The number of anilines is 1. The minimum atomic E-state index is 0.311. The van der Waals surface area contributed by atoms with Crippen molar-refractivity contribution in [3.05, 3.63) is 15.1 Å². The summed E-state index contributed by atoms with van der Waals surface area (Å²) < 4.78 is 6.99. The zero-order chi connectivity index (χ0) is 13.2. The Balaban J connectivity index is 1.81. The average Bonchev–Trinajstić information content (AvgIpc) is 3.26. The number of nitrogens with zero attached hydrogens (tertiary/aromatic N) is 2. The molecule has 1 N–H and O–H groups in total. The zero-order valence-corrected chi connectivity index (χ0v) is 13.4. The first kappa shape index (κ1) is 13.5. The Morgan fingerprint density at radius 1 is 1.26 bits per heavy atom. The molecule has 4 nitrogen and oxygen atoms in total. The van der Waals surface area contributed by atoms with Crippen molar-refractivity contribution in [3.8, 4) is 0 Å². The van der Waals surface area contributed by atoms with Crippen molar-refractivity contribution in [1.82, 2.24) is 9.97 Å². The number of aromatic nitrogens is 2. The Morgan fingerprint density at radius 3 is 2.74 bits per heavy atom. The van der Waals surface area contributed by atoms with Crippen LogP contribution in [-0.2, 0) is 11.2 Å². The number of hydrogen-bond donors (Lipinski definition) is 1. The van der Waals surface area contributed by atoms with E-state index in [0.717, 1.165) is 31.1 Å². The van der Waals surface area contributed by atoms with E-state index in [1.807, 2.05) is 7.05 Å². The van der Waals surface area contributed by atoms with Gasteiger partial charge in [-0.3, -0.25) is 0 Å². The Kier molecular flexibility index (Phi) is 4.21. The molecule has 2 aliphatic rings. The maximum atomic E-state index is 5.80. The molecule has 1 aliphatic carbocycles. The Hall–Kier alpha value is -0.430. The highest BCUT2D eigenvalue weighted by Gasteiger charge is 2.29. The summed E-state index contributed by atoms with van der Waals surface area (Å²) in [5.41, 5.74) is 1.24. The topological polar surface area (TPSA) is 47.0 Å². The monoisotopic (exact) mass is 373 g/mol. The van der Waals surface area contributed by atoms with Crippen molar-refractivity contribution in [3.63, 3.8) is 0 Å². The summed E-state index contributed by atoms with van der Waals surface area (Å²) in [5.74, 6) is 2.58. The molecule has 5 heteroatoms. The molecule has 1 unspecified atom stereocenters. The third-order valence-corrected chi connectivity index (χ3v) is 4.87. The summed E-state index contributed by atoms with van der Waals surface area (Å²) in [7, 11) is 1.93. The molecule has 2 fully saturated rings. The smallest absolute Gasteiger partial charge is 0.143 e. The van der Waals surface area contributed by atoms with Gasteiger partial charge in [-0.25, -0.2) is 9.97 Å². The summed E-state index contributed by atoms with van der Waals surface area (Å²) in [4.78, 5) is 9.44.